The molecular formula is C27H38N4O4S. The van der Waals surface area contributed by atoms with Crippen molar-refractivity contribution in [1.82, 2.24) is 15.2 Å². The predicted molar refractivity (Wildman–Crippen MR) is 142 cm³/mol. The van der Waals surface area contributed by atoms with E-state index in [-0.39, 0.29) is 42.6 Å². The highest BCUT2D eigenvalue weighted by atomic mass is 32.1. The highest BCUT2D eigenvalue weighted by Gasteiger charge is 2.27. The molecule has 1 unspecified atom stereocenters. The summed E-state index contributed by atoms with van der Waals surface area (Å²) in [6.07, 6.45) is 6.96. The van der Waals surface area contributed by atoms with E-state index in [0.717, 1.165) is 38.5 Å². The van der Waals surface area contributed by atoms with E-state index in [4.69, 9.17) is 4.74 Å². The zero-order valence-electron chi connectivity index (χ0n) is 21.3. The van der Waals surface area contributed by atoms with Crippen molar-refractivity contribution in [3.8, 4) is 0 Å². The molecule has 1 heterocycles. The molecule has 9 heteroatoms. The van der Waals surface area contributed by atoms with Crippen molar-refractivity contribution in [2.45, 2.75) is 64.3 Å². The molecule has 196 valence electrons. The number of nitrogens with one attached hydrogen (secondary N) is 2. The van der Waals surface area contributed by atoms with Crippen LogP contribution >= 0.6 is 11.3 Å². The second kappa shape index (κ2) is 14.7. The minimum Gasteiger partial charge on any atom is -0.383 e. The summed E-state index contributed by atoms with van der Waals surface area (Å²) in [6.45, 7) is 2.72. The summed E-state index contributed by atoms with van der Waals surface area (Å²) in [5.41, 5.74) is 1.86. The van der Waals surface area contributed by atoms with Crippen molar-refractivity contribution in [2.75, 3.05) is 32.1 Å². The summed E-state index contributed by atoms with van der Waals surface area (Å²) < 4.78 is 5.14. The fourth-order valence-electron chi connectivity index (χ4n) is 4.44. The molecule has 1 aromatic heterocycles. The van der Waals surface area contributed by atoms with Crippen molar-refractivity contribution in [3.63, 3.8) is 0 Å². The predicted octanol–water partition coefficient (Wildman–Crippen LogP) is 3.82. The van der Waals surface area contributed by atoms with Crippen LogP contribution in [-0.2, 0) is 32.0 Å². The van der Waals surface area contributed by atoms with Gasteiger partial charge in [0.2, 0.25) is 17.7 Å². The lowest BCUT2D eigenvalue weighted by molar-refractivity contribution is -0.139. The van der Waals surface area contributed by atoms with E-state index in [1.165, 1.54) is 23.3 Å². The number of anilines is 1. The van der Waals surface area contributed by atoms with Gasteiger partial charge in [0.25, 0.3) is 0 Å². The number of amides is 3. The first kappa shape index (κ1) is 27.8. The van der Waals surface area contributed by atoms with Gasteiger partial charge in [0, 0.05) is 31.0 Å². The van der Waals surface area contributed by atoms with Crippen LogP contribution in [0.4, 0.5) is 5.13 Å². The number of carbonyl (C=O) groups is 3. The van der Waals surface area contributed by atoms with Gasteiger partial charge in [0.1, 0.15) is 6.54 Å². The van der Waals surface area contributed by atoms with Gasteiger partial charge in [-0.3, -0.25) is 14.4 Å². The Morgan fingerprint density at radius 2 is 1.89 bits per heavy atom. The summed E-state index contributed by atoms with van der Waals surface area (Å²) in [6, 6.07) is 10.2. The summed E-state index contributed by atoms with van der Waals surface area (Å²) >= 11 is 1.28. The fraction of sp³-hybridized carbons (Fsp3) is 0.556. The SMILES string of the molecule is COCCN(CC(=O)Nc1nc(CC(=O)NC(C)CCc2ccccc2)cs1)C(=O)C1CCCCC1. The minimum atomic E-state index is -0.296. The Kier molecular flexibility index (Phi) is 11.4. The van der Waals surface area contributed by atoms with E-state index < -0.39 is 0 Å². The van der Waals surface area contributed by atoms with Gasteiger partial charge in [-0.05, 0) is 38.2 Å². The molecule has 0 bridgehead atoms. The monoisotopic (exact) mass is 514 g/mol. The van der Waals surface area contributed by atoms with Gasteiger partial charge in [-0.1, -0.05) is 49.6 Å². The number of thiazole rings is 1. The van der Waals surface area contributed by atoms with E-state index in [2.05, 4.69) is 27.8 Å². The zero-order valence-corrected chi connectivity index (χ0v) is 22.1. The lowest BCUT2D eigenvalue weighted by Crippen LogP contribution is -2.43. The number of methoxy groups -OCH3 is 1. The van der Waals surface area contributed by atoms with Gasteiger partial charge in [-0.15, -0.1) is 11.3 Å². The van der Waals surface area contributed by atoms with Crippen LogP contribution in [-0.4, -0.2) is 60.5 Å². The first-order valence-corrected chi connectivity index (χ1v) is 13.7. The Bertz CT molecular complexity index is 975. The van der Waals surface area contributed by atoms with Gasteiger partial charge in [0.15, 0.2) is 5.13 Å². The molecule has 2 aromatic rings. The first-order chi connectivity index (χ1) is 17.4. The molecule has 8 nitrogen and oxygen atoms in total. The standard InChI is InChI=1S/C27H38N4O4S/c1-20(13-14-21-9-5-3-6-10-21)28-24(32)17-23-19-36-27(29-23)30-25(33)18-31(15-16-35-2)26(34)22-11-7-4-8-12-22/h3,5-6,9-10,19-20,22H,4,7-8,11-18H2,1-2H3,(H,28,32)(H,29,30,33). The van der Waals surface area contributed by atoms with E-state index in [9.17, 15) is 14.4 Å². The number of aromatic nitrogens is 1. The molecule has 1 aliphatic carbocycles. The van der Waals surface area contributed by atoms with Gasteiger partial charge in [0.05, 0.1) is 18.7 Å². The molecule has 36 heavy (non-hydrogen) atoms. The molecule has 1 atom stereocenters. The Balaban J connectivity index is 1.44. The quantitative estimate of drug-likeness (QED) is 0.423. The first-order valence-electron chi connectivity index (χ1n) is 12.8. The van der Waals surface area contributed by atoms with Gasteiger partial charge in [-0.2, -0.15) is 0 Å². The summed E-state index contributed by atoms with van der Waals surface area (Å²) in [5, 5.41) is 8.01. The van der Waals surface area contributed by atoms with E-state index in [1.54, 1.807) is 17.4 Å². The number of nitrogens with zero attached hydrogens (tertiary/aromatic N) is 2. The van der Waals surface area contributed by atoms with Crippen molar-refractivity contribution in [1.29, 1.82) is 0 Å². The van der Waals surface area contributed by atoms with Crippen LogP contribution in [0.2, 0.25) is 0 Å². The Hall–Kier alpha value is -2.78. The third-order valence-electron chi connectivity index (χ3n) is 6.42. The molecule has 1 aliphatic rings. The van der Waals surface area contributed by atoms with Crippen LogP contribution in [0.15, 0.2) is 35.7 Å². The Morgan fingerprint density at radius 3 is 2.61 bits per heavy atom. The summed E-state index contributed by atoms with van der Waals surface area (Å²) in [5.74, 6) is -0.374. The average molecular weight is 515 g/mol. The van der Waals surface area contributed by atoms with Crippen LogP contribution in [0.1, 0.15) is 56.7 Å². The topological polar surface area (TPSA) is 101 Å². The number of hydrogen-bond acceptors (Lipinski definition) is 6. The average Bonchev–Trinajstić information content (AvgIpc) is 3.32. The third kappa shape index (κ3) is 9.35. The molecule has 1 fully saturated rings. The Morgan fingerprint density at radius 1 is 1.14 bits per heavy atom. The number of ether oxygens (including phenoxy) is 1. The van der Waals surface area contributed by atoms with Gasteiger partial charge in [-0.25, -0.2) is 4.98 Å². The fourth-order valence-corrected chi connectivity index (χ4v) is 5.17. The maximum atomic E-state index is 13.0. The molecule has 0 aliphatic heterocycles. The van der Waals surface area contributed by atoms with Crippen molar-refractivity contribution < 1.29 is 19.1 Å². The number of rotatable bonds is 13. The van der Waals surface area contributed by atoms with Crippen molar-refractivity contribution in [2.24, 2.45) is 5.92 Å². The largest absolute Gasteiger partial charge is 0.383 e. The van der Waals surface area contributed by atoms with Crippen molar-refractivity contribution in [3.05, 3.63) is 47.0 Å². The smallest absolute Gasteiger partial charge is 0.245 e. The number of carbonyl (C=O) groups excluding carboxylic acids is 3. The molecule has 2 N–H and O–H groups in total. The van der Waals surface area contributed by atoms with Crippen LogP contribution in [0.5, 0.6) is 0 Å². The molecule has 3 rings (SSSR count). The van der Waals surface area contributed by atoms with Crippen molar-refractivity contribution >= 4 is 34.2 Å². The highest BCUT2D eigenvalue weighted by molar-refractivity contribution is 7.13. The lowest BCUT2D eigenvalue weighted by Gasteiger charge is -2.28. The second-order valence-electron chi connectivity index (χ2n) is 9.45. The van der Waals surface area contributed by atoms with E-state index >= 15 is 0 Å². The normalized spacial score (nSPS) is 14.7. The second-order valence-corrected chi connectivity index (χ2v) is 10.3. The van der Waals surface area contributed by atoms with E-state index in [0.29, 0.717) is 24.0 Å². The molecule has 3 amide bonds. The third-order valence-corrected chi connectivity index (χ3v) is 7.23. The maximum absolute atomic E-state index is 13.0. The van der Waals surface area contributed by atoms with Crippen LogP contribution in [0.25, 0.3) is 0 Å². The number of aryl methyl sites for hydroxylation is 1. The Labute approximate surface area is 217 Å². The molecule has 1 aromatic carbocycles. The van der Waals surface area contributed by atoms with E-state index in [1.807, 2.05) is 25.1 Å². The molecule has 1 saturated carbocycles. The zero-order chi connectivity index (χ0) is 25.8. The van der Waals surface area contributed by atoms with Crippen LogP contribution in [0, 0.1) is 5.92 Å². The molecule has 0 radical (unpaired) electrons. The van der Waals surface area contributed by atoms with Gasteiger partial charge < -0.3 is 20.3 Å². The van der Waals surface area contributed by atoms with Crippen LogP contribution < -0.4 is 10.6 Å². The van der Waals surface area contributed by atoms with Gasteiger partial charge >= 0.3 is 0 Å². The molecular weight excluding hydrogens is 476 g/mol. The molecule has 0 saturated heterocycles. The molecule has 0 spiro atoms. The van der Waals surface area contributed by atoms with Crippen LogP contribution in [0.3, 0.4) is 0 Å². The number of hydrogen-bond donors (Lipinski definition) is 2. The number of benzene rings is 1. The summed E-state index contributed by atoms with van der Waals surface area (Å²) in [4.78, 5) is 44.1. The minimum absolute atomic E-state index is 0.0107. The maximum Gasteiger partial charge on any atom is 0.245 e. The highest BCUT2D eigenvalue weighted by Crippen LogP contribution is 2.25. The summed E-state index contributed by atoms with van der Waals surface area (Å²) in [7, 11) is 1.58. The lowest BCUT2D eigenvalue weighted by atomic mass is 9.88.